The molecular formula is C19H19Cl2NO4. The number of amides is 1. The van der Waals surface area contributed by atoms with E-state index in [2.05, 4.69) is 5.32 Å². The van der Waals surface area contributed by atoms with Gasteiger partial charge in [-0.1, -0.05) is 47.5 Å². The summed E-state index contributed by atoms with van der Waals surface area (Å²) in [5.74, 6) is -0.516. The van der Waals surface area contributed by atoms with Crippen LogP contribution in [0.1, 0.15) is 25.5 Å². The maximum atomic E-state index is 12.2. The van der Waals surface area contributed by atoms with Crippen LogP contribution in [-0.4, -0.2) is 24.6 Å². The number of para-hydroxylation sites is 1. The van der Waals surface area contributed by atoms with Gasteiger partial charge in [0.05, 0.1) is 6.04 Å². The molecule has 0 saturated heterocycles. The molecule has 0 spiro atoms. The number of hydrogen-bond acceptors (Lipinski definition) is 4. The Bertz CT molecular complexity index is 767. The van der Waals surface area contributed by atoms with Gasteiger partial charge < -0.3 is 14.8 Å². The normalized spacial score (nSPS) is 12.8. The van der Waals surface area contributed by atoms with Gasteiger partial charge in [0, 0.05) is 10.0 Å². The van der Waals surface area contributed by atoms with Crippen LogP contribution in [0.4, 0.5) is 0 Å². The average molecular weight is 396 g/mol. The molecule has 2 atom stereocenters. The fourth-order valence-corrected chi connectivity index (χ4v) is 2.78. The van der Waals surface area contributed by atoms with Crippen LogP contribution >= 0.6 is 23.2 Å². The lowest BCUT2D eigenvalue weighted by Crippen LogP contribution is -2.38. The number of carbonyl (C=O) groups is 2. The summed E-state index contributed by atoms with van der Waals surface area (Å²) < 4.78 is 10.4. The summed E-state index contributed by atoms with van der Waals surface area (Å²) in [6.45, 7) is 2.99. The minimum Gasteiger partial charge on any atom is -0.482 e. The van der Waals surface area contributed by atoms with Gasteiger partial charge >= 0.3 is 5.97 Å². The second-order valence-electron chi connectivity index (χ2n) is 5.63. The highest BCUT2D eigenvalue weighted by atomic mass is 35.5. The molecule has 2 rings (SSSR count). The monoisotopic (exact) mass is 395 g/mol. The van der Waals surface area contributed by atoms with Gasteiger partial charge in [-0.25, -0.2) is 4.79 Å². The number of hydrogen-bond donors (Lipinski definition) is 1. The maximum absolute atomic E-state index is 12.2. The molecule has 0 aromatic heterocycles. The Kier molecular flexibility index (Phi) is 7.30. The Morgan fingerprint density at radius 3 is 2.42 bits per heavy atom. The molecule has 1 N–H and O–H groups in total. The van der Waals surface area contributed by atoms with Gasteiger partial charge in [0.1, 0.15) is 5.75 Å². The van der Waals surface area contributed by atoms with Gasteiger partial charge in [0.15, 0.2) is 12.7 Å². The molecule has 2 aromatic carbocycles. The third kappa shape index (κ3) is 5.93. The van der Waals surface area contributed by atoms with Crippen molar-refractivity contribution in [2.45, 2.75) is 26.0 Å². The fraction of sp³-hybridized carbons (Fsp3) is 0.263. The van der Waals surface area contributed by atoms with E-state index >= 15 is 0 Å². The fourth-order valence-electron chi connectivity index (χ4n) is 2.20. The van der Waals surface area contributed by atoms with Crippen LogP contribution in [0, 0.1) is 0 Å². The van der Waals surface area contributed by atoms with Crippen molar-refractivity contribution in [1.29, 1.82) is 0 Å². The quantitative estimate of drug-likeness (QED) is 0.714. The summed E-state index contributed by atoms with van der Waals surface area (Å²) in [4.78, 5) is 24.0. The zero-order valence-electron chi connectivity index (χ0n) is 14.4. The van der Waals surface area contributed by atoms with E-state index in [-0.39, 0.29) is 12.6 Å². The second kappa shape index (κ2) is 9.46. The number of benzene rings is 2. The first-order chi connectivity index (χ1) is 12.4. The SMILES string of the molecule is C[C@H](OC(=O)COc1ccccc1)C(=O)N[C@@H](C)c1ccc(Cl)cc1Cl. The molecule has 0 saturated carbocycles. The number of nitrogens with one attached hydrogen (secondary N) is 1. The molecule has 26 heavy (non-hydrogen) atoms. The van der Waals surface area contributed by atoms with Crippen LogP contribution in [0.25, 0.3) is 0 Å². The lowest BCUT2D eigenvalue weighted by atomic mass is 10.1. The van der Waals surface area contributed by atoms with E-state index in [0.717, 1.165) is 5.56 Å². The van der Waals surface area contributed by atoms with Gasteiger partial charge in [0.2, 0.25) is 0 Å². The van der Waals surface area contributed by atoms with E-state index in [1.165, 1.54) is 6.92 Å². The van der Waals surface area contributed by atoms with Crippen molar-refractivity contribution in [2.24, 2.45) is 0 Å². The molecule has 0 unspecified atom stereocenters. The molecule has 0 bridgehead atoms. The van der Waals surface area contributed by atoms with E-state index in [1.54, 1.807) is 49.4 Å². The molecule has 2 aromatic rings. The van der Waals surface area contributed by atoms with Crippen LogP contribution < -0.4 is 10.1 Å². The summed E-state index contributed by atoms with van der Waals surface area (Å²) in [5.41, 5.74) is 0.718. The molecule has 5 nitrogen and oxygen atoms in total. The smallest absolute Gasteiger partial charge is 0.344 e. The molecule has 0 heterocycles. The van der Waals surface area contributed by atoms with E-state index in [0.29, 0.717) is 15.8 Å². The number of ether oxygens (including phenoxy) is 2. The van der Waals surface area contributed by atoms with Gasteiger partial charge in [-0.15, -0.1) is 0 Å². The highest BCUT2D eigenvalue weighted by molar-refractivity contribution is 6.35. The number of rotatable bonds is 7. The summed E-state index contributed by atoms with van der Waals surface area (Å²) in [6, 6.07) is 13.5. The average Bonchev–Trinajstić information content (AvgIpc) is 2.60. The predicted molar refractivity (Wildman–Crippen MR) is 101 cm³/mol. The number of esters is 1. The highest BCUT2D eigenvalue weighted by Crippen LogP contribution is 2.26. The van der Waals surface area contributed by atoms with E-state index in [1.807, 2.05) is 6.07 Å². The van der Waals surface area contributed by atoms with Crippen LogP contribution in [-0.2, 0) is 14.3 Å². The van der Waals surface area contributed by atoms with Crippen LogP contribution in [0.5, 0.6) is 5.75 Å². The van der Waals surface area contributed by atoms with Gasteiger partial charge in [-0.05, 0) is 43.7 Å². The number of carbonyl (C=O) groups excluding carboxylic acids is 2. The lowest BCUT2D eigenvalue weighted by molar-refractivity contribution is -0.156. The van der Waals surface area contributed by atoms with Crippen molar-refractivity contribution < 1.29 is 19.1 Å². The van der Waals surface area contributed by atoms with Gasteiger partial charge in [-0.3, -0.25) is 4.79 Å². The first kappa shape index (κ1) is 20.1. The lowest BCUT2D eigenvalue weighted by Gasteiger charge is -2.19. The molecule has 0 aliphatic heterocycles. The standard InChI is InChI=1S/C19H19Cl2NO4/c1-12(16-9-8-14(20)10-17(16)21)22-19(24)13(2)26-18(23)11-25-15-6-4-3-5-7-15/h3-10,12-13H,11H2,1-2H3,(H,22,24)/t12-,13-/m0/s1. The van der Waals surface area contributed by atoms with Crippen LogP contribution in [0.15, 0.2) is 48.5 Å². The first-order valence-corrected chi connectivity index (χ1v) is 8.75. The van der Waals surface area contributed by atoms with Gasteiger partial charge in [-0.2, -0.15) is 0 Å². The van der Waals surface area contributed by atoms with Crippen molar-refractivity contribution in [2.75, 3.05) is 6.61 Å². The second-order valence-corrected chi connectivity index (χ2v) is 6.47. The van der Waals surface area contributed by atoms with E-state index in [4.69, 9.17) is 32.7 Å². The summed E-state index contributed by atoms with van der Waals surface area (Å²) >= 11 is 12.0. The molecule has 0 aliphatic rings. The zero-order valence-corrected chi connectivity index (χ0v) is 15.9. The minimum atomic E-state index is -0.963. The van der Waals surface area contributed by atoms with Crippen LogP contribution in [0.2, 0.25) is 10.0 Å². The molecule has 0 radical (unpaired) electrons. The summed E-state index contributed by atoms with van der Waals surface area (Å²) in [6.07, 6.45) is -0.963. The summed E-state index contributed by atoms with van der Waals surface area (Å²) in [5, 5.41) is 3.71. The van der Waals surface area contributed by atoms with Crippen molar-refractivity contribution >= 4 is 35.1 Å². The minimum absolute atomic E-state index is 0.278. The van der Waals surface area contributed by atoms with E-state index < -0.39 is 18.0 Å². The van der Waals surface area contributed by atoms with Crippen molar-refractivity contribution in [1.82, 2.24) is 5.32 Å². The maximum Gasteiger partial charge on any atom is 0.344 e. The molecule has 1 amide bonds. The van der Waals surface area contributed by atoms with Crippen LogP contribution in [0.3, 0.4) is 0 Å². The largest absolute Gasteiger partial charge is 0.482 e. The molecular weight excluding hydrogens is 377 g/mol. The Morgan fingerprint density at radius 1 is 1.08 bits per heavy atom. The topological polar surface area (TPSA) is 64.6 Å². The Hall–Kier alpha value is -2.24. The first-order valence-electron chi connectivity index (χ1n) is 7.99. The van der Waals surface area contributed by atoms with Crippen molar-refractivity contribution in [3.63, 3.8) is 0 Å². The third-order valence-electron chi connectivity index (χ3n) is 3.57. The molecule has 138 valence electrons. The summed E-state index contributed by atoms with van der Waals surface area (Å²) in [7, 11) is 0. The van der Waals surface area contributed by atoms with Gasteiger partial charge in [0.25, 0.3) is 5.91 Å². The zero-order chi connectivity index (χ0) is 19.1. The molecule has 0 aliphatic carbocycles. The van der Waals surface area contributed by atoms with Crippen molar-refractivity contribution in [3.8, 4) is 5.75 Å². The number of halogens is 2. The Balaban J connectivity index is 1.83. The highest BCUT2D eigenvalue weighted by Gasteiger charge is 2.21. The Labute approximate surface area is 162 Å². The van der Waals surface area contributed by atoms with Crippen molar-refractivity contribution in [3.05, 3.63) is 64.1 Å². The predicted octanol–water partition coefficient (Wildman–Crippen LogP) is 4.18. The third-order valence-corrected chi connectivity index (χ3v) is 4.13. The van der Waals surface area contributed by atoms with E-state index in [9.17, 15) is 9.59 Å². The molecule has 0 fully saturated rings. The Morgan fingerprint density at radius 2 is 1.77 bits per heavy atom. The molecule has 7 heteroatoms.